The fourth-order valence-corrected chi connectivity index (χ4v) is 2.45. The van der Waals surface area contributed by atoms with Gasteiger partial charge >= 0.3 is 0 Å². The molecule has 1 saturated heterocycles. The third kappa shape index (κ3) is 3.10. The summed E-state index contributed by atoms with van der Waals surface area (Å²) in [7, 11) is 0. The molecular formula is C11H13BrClNO. The van der Waals surface area contributed by atoms with Gasteiger partial charge in [-0.3, -0.25) is 0 Å². The van der Waals surface area contributed by atoms with Crippen molar-refractivity contribution in [2.45, 2.75) is 6.42 Å². The highest BCUT2D eigenvalue weighted by atomic mass is 79.9. The second kappa shape index (κ2) is 5.19. The van der Waals surface area contributed by atoms with Crippen LogP contribution in [0.1, 0.15) is 6.42 Å². The molecule has 1 aliphatic rings. The van der Waals surface area contributed by atoms with Crippen LogP contribution in [-0.4, -0.2) is 19.7 Å². The summed E-state index contributed by atoms with van der Waals surface area (Å²) in [6.07, 6.45) is 1.20. The van der Waals surface area contributed by atoms with E-state index in [0.717, 1.165) is 34.9 Å². The summed E-state index contributed by atoms with van der Waals surface area (Å²) in [5.41, 5.74) is 0. The van der Waals surface area contributed by atoms with Crippen LogP contribution in [0, 0.1) is 5.92 Å². The predicted octanol–water partition coefficient (Wildman–Crippen LogP) is 3.09. The second-order valence-electron chi connectivity index (χ2n) is 3.74. The Morgan fingerprint density at radius 2 is 2.40 bits per heavy atom. The summed E-state index contributed by atoms with van der Waals surface area (Å²) in [5, 5.41) is 4.04. The fourth-order valence-electron chi connectivity index (χ4n) is 1.66. The van der Waals surface area contributed by atoms with Gasteiger partial charge in [0.2, 0.25) is 0 Å². The zero-order chi connectivity index (χ0) is 10.7. The minimum Gasteiger partial charge on any atom is -0.492 e. The molecule has 4 heteroatoms. The van der Waals surface area contributed by atoms with Crippen LogP contribution < -0.4 is 10.1 Å². The molecular weight excluding hydrogens is 277 g/mol. The first-order chi connectivity index (χ1) is 7.25. The lowest BCUT2D eigenvalue weighted by Gasteiger charge is -2.12. The summed E-state index contributed by atoms with van der Waals surface area (Å²) in [5.74, 6) is 1.50. The van der Waals surface area contributed by atoms with E-state index in [1.165, 1.54) is 6.42 Å². The molecule has 1 aromatic rings. The van der Waals surface area contributed by atoms with E-state index >= 15 is 0 Å². The molecule has 2 rings (SSSR count). The maximum atomic E-state index is 5.85. The van der Waals surface area contributed by atoms with E-state index in [2.05, 4.69) is 21.2 Å². The van der Waals surface area contributed by atoms with Crippen LogP contribution in [0.5, 0.6) is 5.75 Å². The molecule has 1 N–H and O–H groups in total. The van der Waals surface area contributed by atoms with Gasteiger partial charge in [0.25, 0.3) is 0 Å². The molecule has 15 heavy (non-hydrogen) atoms. The third-order valence-corrected chi connectivity index (χ3v) is 3.39. The molecule has 0 saturated carbocycles. The monoisotopic (exact) mass is 289 g/mol. The molecule has 1 aliphatic heterocycles. The average Bonchev–Trinajstić information content (AvgIpc) is 2.69. The van der Waals surface area contributed by atoms with Gasteiger partial charge in [-0.1, -0.05) is 11.6 Å². The van der Waals surface area contributed by atoms with E-state index in [0.29, 0.717) is 5.92 Å². The van der Waals surface area contributed by atoms with Gasteiger partial charge in [-0.05, 0) is 47.1 Å². The van der Waals surface area contributed by atoms with Gasteiger partial charge in [0.05, 0.1) is 11.1 Å². The molecule has 1 atom stereocenters. The van der Waals surface area contributed by atoms with Gasteiger partial charge in [-0.15, -0.1) is 0 Å². The van der Waals surface area contributed by atoms with Crippen LogP contribution in [0.4, 0.5) is 0 Å². The van der Waals surface area contributed by atoms with Crippen molar-refractivity contribution < 1.29 is 4.74 Å². The summed E-state index contributed by atoms with van der Waals surface area (Å²) < 4.78 is 6.65. The number of ether oxygens (including phenoxy) is 1. The Bertz CT molecular complexity index is 339. The number of nitrogens with one attached hydrogen (secondary N) is 1. The highest BCUT2D eigenvalue weighted by Crippen LogP contribution is 2.28. The van der Waals surface area contributed by atoms with Gasteiger partial charge in [-0.2, -0.15) is 0 Å². The quantitative estimate of drug-likeness (QED) is 0.924. The van der Waals surface area contributed by atoms with Crippen LogP contribution in [0.25, 0.3) is 0 Å². The predicted molar refractivity (Wildman–Crippen MR) is 65.6 cm³/mol. The first-order valence-corrected chi connectivity index (χ1v) is 6.21. The van der Waals surface area contributed by atoms with E-state index < -0.39 is 0 Å². The van der Waals surface area contributed by atoms with E-state index in [1.54, 1.807) is 0 Å². The van der Waals surface area contributed by atoms with Crippen molar-refractivity contribution in [3.63, 3.8) is 0 Å². The highest BCUT2D eigenvalue weighted by Gasteiger charge is 2.15. The van der Waals surface area contributed by atoms with Gasteiger partial charge in [0.1, 0.15) is 5.75 Å². The summed E-state index contributed by atoms with van der Waals surface area (Å²) in [6.45, 7) is 2.94. The van der Waals surface area contributed by atoms with Crippen LogP contribution in [0.15, 0.2) is 22.7 Å². The molecule has 0 aromatic heterocycles. The summed E-state index contributed by atoms with van der Waals surface area (Å²) in [6, 6.07) is 5.59. The molecule has 0 bridgehead atoms. The largest absolute Gasteiger partial charge is 0.492 e. The van der Waals surface area contributed by atoms with Crippen LogP contribution >= 0.6 is 27.5 Å². The summed E-state index contributed by atoms with van der Waals surface area (Å²) >= 11 is 9.28. The smallest absolute Gasteiger partial charge is 0.133 e. The lowest BCUT2D eigenvalue weighted by Crippen LogP contribution is -2.15. The summed E-state index contributed by atoms with van der Waals surface area (Å²) in [4.78, 5) is 0. The van der Waals surface area contributed by atoms with Crippen molar-refractivity contribution in [3.8, 4) is 5.75 Å². The van der Waals surface area contributed by atoms with Gasteiger partial charge in [0.15, 0.2) is 0 Å². The van der Waals surface area contributed by atoms with Crippen molar-refractivity contribution in [2.75, 3.05) is 19.7 Å². The second-order valence-corrected chi connectivity index (χ2v) is 5.04. The van der Waals surface area contributed by atoms with Crippen molar-refractivity contribution in [2.24, 2.45) is 5.92 Å². The Morgan fingerprint density at radius 1 is 1.53 bits per heavy atom. The number of hydrogen-bond donors (Lipinski definition) is 1. The lowest BCUT2D eigenvalue weighted by molar-refractivity contribution is 0.258. The Hall–Kier alpha value is -0.250. The molecule has 82 valence electrons. The Balaban J connectivity index is 1.92. The van der Waals surface area contributed by atoms with E-state index in [1.807, 2.05) is 18.2 Å². The van der Waals surface area contributed by atoms with Crippen molar-refractivity contribution >= 4 is 27.5 Å². The SMILES string of the molecule is Clc1ccc(OCC2CCNC2)c(Br)c1. The zero-order valence-electron chi connectivity index (χ0n) is 8.30. The zero-order valence-corrected chi connectivity index (χ0v) is 10.6. The molecule has 1 heterocycles. The lowest BCUT2D eigenvalue weighted by atomic mass is 10.1. The highest BCUT2D eigenvalue weighted by molar-refractivity contribution is 9.10. The maximum Gasteiger partial charge on any atom is 0.133 e. The Morgan fingerprint density at radius 3 is 3.07 bits per heavy atom. The van der Waals surface area contributed by atoms with Gasteiger partial charge < -0.3 is 10.1 Å². The molecule has 0 spiro atoms. The number of hydrogen-bond acceptors (Lipinski definition) is 2. The molecule has 0 radical (unpaired) electrons. The van der Waals surface area contributed by atoms with Crippen molar-refractivity contribution in [1.82, 2.24) is 5.32 Å². The normalized spacial score (nSPS) is 20.5. The van der Waals surface area contributed by atoms with Crippen molar-refractivity contribution in [1.29, 1.82) is 0 Å². The molecule has 1 fully saturated rings. The minimum atomic E-state index is 0.632. The van der Waals surface area contributed by atoms with Crippen LogP contribution in [0.3, 0.4) is 0 Å². The molecule has 0 amide bonds. The van der Waals surface area contributed by atoms with E-state index in [4.69, 9.17) is 16.3 Å². The number of halogens is 2. The van der Waals surface area contributed by atoms with Crippen LogP contribution in [0.2, 0.25) is 5.02 Å². The minimum absolute atomic E-state index is 0.632. The average molecular weight is 291 g/mol. The Kier molecular flexibility index (Phi) is 3.89. The van der Waals surface area contributed by atoms with Gasteiger partial charge in [-0.25, -0.2) is 0 Å². The third-order valence-electron chi connectivity index (χ3n) is 2.53. The fraction of sp³-hybridized carbons (Fsp3) is 0.455. The Labute approximate surface area is 103 Å². The van der Waals surface area contributed by atoms with E-state index in [9.17, 15) is 0 Å². The maximum absolute atomic E-state index is 5.85. The first kappa shape index (κ1) is 11.2. The number of benzene rings is 1. The number of rotatable bonds is 3. The van der Waals surface area contributed by atoms with E-state index in [-0.39, 0.29) is 0 Å². The molecule has 1 unspecified atom stereocenters. The molecule has 2 nitrogen and oxygen atoms in total. The van der Waals surface area contributed by atoms with Crippen LogP contribution in [-0.2, 0) is 0 Å². The van der Waals surface area contributed by atoms with Gasteiger partial charge in [0, 0.05) is 17.5 Å². The standard InChI is InChI=1S/C11H13BrClNO/c12-10-5-9(13)1-2-11(10)15-7-8-3-4-14-6-8/h1-2,5,8,14H,3-4,6-7H2. The topological polar surface area (TPSA) is 21.3 Å². The molecule has 1 aromatic carbocycles. The molecule has 0 aliphatic carbocycles. The van der Waals surface area contributed by atoms with Crippen molar-refractivity contribution in [3.05, 3.63) is 27.7 Å². The first-order valence-electron chi connectivity index (χ1n) is 5.04.